The van der Waals surface area contributed by atoms with Gasteiger partial charge < -0.3 is 9.47 Å². The van der Waals surface area contributed by atoms with Gasteiger partial charge in [-0.1, -0.05) is 59.7 Å². The van der Waals surface area contributed by atoms with Crippen LogP contribution in [0.15, 0.2) is 76.7 Å². The summed E-state index contributed by atoms with van der Waals surface area (Å²) in [6.07, 6.45) is 0.414. The predicted molar refractivity (Wildman–Crippen MR) is 125 cm³/mol. The van der Waals surface area contributed by atoms with Crippen LogP contribution in [-0.4, -0.2) is 32.8 Å². The van der Waals surface area contributed by atoms with E-state index in [0.717, 1.165) is 16.7 Å². The molecule has 0 aromatic heterocycles. The number of hydrogen-bond donors (Lipinski definition) is 0. The van der Waals surface area contributed by atoms with Crippen LogP contribution in [0.4, 0.5) is 0 Å². The van der Waals surface area contributed by atoms with E-state index < -0.39 is 16.1 Å². The highest BCUT2D eigenvalue weighted by molar-refractivity contribution is 7.89. The van der Waals surface area contributed by atoms with E-state index in [0.29, 0.717) is 29.2 Å². The molecule has 4 rings (SSSR count). The molecule has 1 aliphatic heterocycles. The first-order valence-electron chi connectivity index (χ1n) is 10.3. The Kier molecular flexibility index (Phi) is 5.93. The summed E-state index contributed by atoms with van der Waals surface area (Å²) in [5, 5.41) is 4.61. The predicted octanol–water partition coefficient (Wildman–Crippen LogP) is 4.86. The Hall–Kier alpha value is -3.32. The third-order valence-electron chi connectivity index (χ3n) is 5.61. The van der Waals surface area contributed by atoms with Crippen molar-refractivity contribution in [1.29, 1.82) is 0 Å². The van der Waals surface area contributed by atoms with Crippen molar-refractivity contribution in [3.05, 3.63) is 89.0 Å². The summed E-state index contributed by atoms with van der Waals surface area (Å²) in [5.74, 6) is 1.05. The molecule has 1 heterocycles. The first-order valence-corrected chi connectivity index (χ1v) is 11.8. The molecule has 0 unspecified atom stereocenters. The Balaban J connectivity index is 1.85. The van der Waals surface area contributed by atoms with Gasteiger partial charge in [-0.15, -0.1) is 0 Å². The van der Waals surface area contributed by atoms with Gasteiger partial charge in [-0.25, -0.2) is 0 Å². The van der Waals surface area contributed by atoms with E-state index in [1.54, 1.807) is 44.6 Å². The molecule has 0 saturated carbocycles. The highest BCUT2D eigenvalue weighted by Gasteiger charge is 2.39. The molecular weight excluding hydrogens is 424 g/mol. The van der Waals surface area contributed by atoms with Crippen molar-refractivity contribution in [1.82, 2.24) is 4.41 Å². The number of benzene rings is 3. The van der Waals surface area contributed by atoms with Crippen LogP contribution in [0.2, 0.25) is 0 Å². The number of hydrogen-bond acceptors (Lipinski definition) is 5. The number of hydrazone groups is 1. The van der Waals surface area contributed by atoms with Crippen molar-refractivity contribution in [3.8, 4) is 11.5 Å². The van der Waals surface area contributed by atoms with Crippen LogP contribution in [0.25, 0.3) is 0 Å². The maximum absolute atomic E-state index is 13.7. The molecule has 0 fully saturated rings. The third-order valence-corrected chi connectivity index (χ3v) is 7.31. The average molecular weight is 451 g/mol. The Morgan fingerprint density at radius 2 is 1.50 bits per heavy atom. The van der Waals surface area contributed by atoms with Crippen molar-refractivity contribution < 1.29 is 17.9 Å². The van der Waals surface area contributed by atoms with Gasteiger partial charge in [0.05, 0.1) is 30.9 Å². The largest absolute Gasteiger partial charge is 0.493 e. The lowest BCUT2D eigenvalue weighted by atomic mass is 9.97. The minimum Gasteiger partial charge on any atom is -0.493 e. The third kappa shape index (κ3) is 3.96. The highest BCUT2D eigenvalue weighted by Crippen LogP contribution is 2.43. The summed E-state index contributed by atoms with van der Waals surface area (Å²) in [4.78, 5) is 0.198. The van der Waals surface area contributed by atoms with Crippen LogP contribution in [0.3, 0.4) is 0 Å². The number of para-hydroxylation sites is 1. The number of ether oxygens (including phenoxy) is 2. The van der Waals surface area contributed by atoms with Gasteiger partial charge in [0.2, 0.25) is 0 Å². The SMILES string of the molecule is COc1cccc([C@H]2CC(c3ccc(C)cc3)=NN2S(=O)(=O)c2ccc(C)cc2)c1OC. The Morgan fingerprint density at radius 1 is 0.875 bits per heavy atom. The van der Waals surface area contributed by atoms with Gasteiger partial charge in [-0.05, 0) is 37.6 Å². The van der Waals surface area contributed by atoms with E-state index in [1.165, 1.54) is 4.41 Å². The zero-order valence-electron chi connectivity index (χ0n) is 18.6. The monoisotopic (exact) mass is 450 g/mol. The van der Waals surface area contributed by atoms with E-state index in [9.17, 15) is 8.42 Å². The van der Waals surface area contributed by atoms with Gasteiger partial charge in [0.1, 0.15) is 0 Å². The zero-order valence-corrected chi connectivity index (χ0v) is 19.4. The number of aryl methyl sites for hydroxylation is 2. The summed E-state index contributed by atoms with van der Waals surface area (Å²) in [7, 11) is -0.784. The van der Waals surface area contributed by atoms with Gasteiger partial charge in [0, 0.05) is 12.0 Å². The van der Waals surface area contributed by atoms with E-state index in [4.69, 9.17) is 9.47 Å². The Bertz CT molecular complexity index is 1250. The fourth-order valence-electron chi connectivity index (χ4n) is 3.86. The van der Waals surface area contributed by atoms with Crippen LogP contribution >= 0.6 is 0 Å². The van der Waals surface area contributed by atoms with Gasteiger partial charge in [0.15, 0.2) is 11.5 Å². The van der Waals surface area contributed by atoms with Crippen LogP contribution in [-0.2, 0) is 10.0 Å². The molecule has 0 aliphatic carbocycles. The summed E-state index contributed by atoms with van der Waals surface area (Å²) >= 11 is 0. The fourth-order valence-corrected chi connectivity index (χ4v) is 5.28. The van der Waals surface area contributed by atoms with Crippen LogP contribution in [0, 0.1) is 13.8 Å². The minimum absolute atomic E-state index is 0.198. The molecule has 0 spiro atoms. The molecule has 6 nitrogen and oxygen atoms in total. The molecular formula is C25H26N2O4S. The van der Waals surface area contributed by atoms with E-state index in [-0.39, 0.29) is 4.90 Å². The second-order valence-electron chi connectivity index (χ2n) is 7.81. The second-order valence-corrected chi connectivity index (χ2v) is 9.60. The lowest BCUT2D eigenvalue weighted by molar-refractivity contribution is 0.328. The van der Waals surface area contributed by atoms with Crippen LogP contribution < -0.4 is 9.47 Å². The maximum atomic E-state index is 13.7. The van der Waals surface area contributed by atoms with Crippen LogP contribution in [0.1, 0.15) is 34.7 Å². The standard InChI is InChI=1S/C25H26N2O4S/c1-17-8-12-19(13-9-17)22-16-23(21-6-5-7-24(30-3)25(21)31-4)27(26-22)32(28,29)20-14-10-18(2)11-15-20/h5-15,23H,16H2,1-4H3/t23-/m1/s1. The van der Waals surface area contributed by atoms with E-state index in [1.807, 2.05) is 50.2 Å². The highest BCUT2D eigenvalue weighted by atomic mass is 32.2. The van der Waals surface area contributed by atoms with Crippen molar-refractivity contribution in [2.24, 2.45) is 5.10 Å². The molecule has 0 saturated heterocycles. The van der Waals surface area contributed by atoms with Crippen LogP contribution in [0.5, 0.6) is 11.5 Å². The number of rotatable bonds is 6. The van der Waals surface area contributed by atoms with E-state index in [2.05, 4.69) is 5.10 Å². The lowest BCUT2D eigenvalue weighted by Crippen LogP contribution is -2.27. The second kappa shape index (κ2) is 8.67. The molecule has 32 heavy (non-hydrogen) atoms. The maximum Gasteiger partial charge on any atom is 0.279 e. The molecule has 1 aliphatic rings. The summed E-state index contributed by atoms with van der Waals surface area (Å²) in [6, 6.07) is 19.6. The quantitative estimate of drug-likeness (QED) is 0.538. The number of methoxy groups -OCH3 is 2. The van der Waals surface area contributed by atoms with Crippen molar-refractivity contribution in [2.75, 3.05) is 14.2 Å². The molecule has 0 N–H and O–H groups in total. The normalized spacial score (nSPS) is 16.1. The van der Waals surface area contributed by atoms with Gasteiger partial charge in [-0.3, -0.25) is 0 Å². The first-order chi connectivity index (χ1) is 15.3. The molecule has 0 radical (unpaired) electrons. The molecule has 3 aromatic rings. The molecule has 166 valence electrons. The fraction of sp³-hybridized carbons (Fsp3) is 0.240. The van der Waals surface area contributed by atoms with Gasteiger partial charge >= 0.3 is 0 Å². The average Bonchev–Trinajstić information content (AvgIpc) is 3.25. The van der Waals surface area contributed by atoms with Crippen molar-refractivity contribution >= 4 is 15.7 Å². The molecule has 1 atom stereocenters. The minimum atomic E-state index is -3.90. The molecule has 0 bridgehead atoms. The van der Waals surface area contributed by atoms with E-state index >= 15 is 0 Å². The molecule has 0 amide bonds. The first kappa shape index (κ1) is 21.9. The summed E-state index contributed by atoms with van der Waals surface area (Å²) < 4.78 is 39.6. The van der Waals surface area contributed by atoms with Gasteiger partial charge in [-0.2, -0.15) is 17.9 Å². The molecule has 3 aromatic carbocycles. The smallest absolute Gasteiger partial charge is 0.279 e. The Labute approximate surface area is 189 Å². The lowest BCUT2D eigenvalue weighted by Gasteiger charge is -2.25. The summed E-state index contributed by atoms with van der Waals surface area (Å²) in [5.41, 5.74) is 4.41. The number of sulfonamides is 1. The van der Waals surface area contributed by atoms with Crippen molar-refractivity contribution in [2.45, 2.75) is 31.2 Å². The van der Waals surface area contributed by atoms with Gasteiger partial charge in [0.25, 0.3) is 10.0 Å². The number of nitrogens with zero attached hydrogens (tertiary/aromatic N) is 2. The topological polar surface area (TPSA) is 68.2 Å². The zero-order chi connectivity index (χ0) is 22.9. The van der Waals surface area contributed by atoms with Crippen molar-refractivity contribution in [3.63, 3.8) is 0 Å². The Morgan fingerprint density at radius 3 is 2.09 bits per heavy atom. The summed E-state index contributed by atoms with van der Waals surface area (Å²) in [6.45, 7) is 3.93. The molecule has 7 heteroatoms.